The third-order valence-electron chi connectivity index (χ3n) is 4.23. The molecule has 2 rings (SSSR count). The van der Waals surface area contributed by atoms with Crippen molar-refractivity contribution in [2.45, 2.75) is 45.2 Å². The van der Waals surface area contributed by atoms with Gasteiger partial charge in [-0.1, -0.05) is 24.1 Å². The second kappa shape index (κ2) is 6.40. The van der Waals surface area contributed by atoms with Crippen molar-refractivity contribution >= 4 is 0 Å². The summed E-state index contributed by atoms with van der Waals surface area (Å²) in [7, 11) is 2.21. The average molecular weight is 262 g/mol. The summed E-state index contributed by atoms with van der Waals surface area (Å²) in [4.78, 5) is 2.44. The lowest BCUT2D eigenvalue weighted by Crippen LogP contribution is -2.43. The number of benzene rings is 1. The Balaban J connectivity index is 1.93. The zero-order valence-corrected chi connectivity index (χ0v) is 12.3. The Morgan fingerprint density at radius 3 is 2.95 bits per heavy atom. The normalized spacial score (nSPS) is 22.4. The van der Waals surface area contributed by atoms with E-state index in [2.05, 4.69) is 37.2 Å². The highest BCUT2D eigenvalue weighted by Crippen LogP contribution is 2.25. The van der Waals surface area contributed by atoms with Gasteiger partial charge >= 0.3 is 0 Å². The molecule has 2 atom stereocenters. The van der Waals surface area contributed by atoms with Crippen LogP contribution in [0.25, 0.3) is 0 Å². The summed E-state index contributed by atoms with van der Waals surface area (Å²) in [6.07, 6.45) is 3.93. The van der Waals surface area contributed by atoms with E-state index >= 15 is 0 Å². The highest BCUT2D eigenvalue weighted by molar-refractivity contribution is 5.37. The summed E-state index contributed by atoms with van der Waals surface area (Å²) < 4.78 is 0. The summed E-state index contributed by atoms with van der Waals surface area (Å²) >= 11 is 0. The Kier molecular flexibility index (Phi) is 4.83. The molecule has 1 saturated heterocycles. The summed E-state index contributed by atoms with van der Waals surface area (Å²) in [6.45, 7) is 6.38. The number of hydrogen-bond acceptors (Lipinski definition) is 3. The fourth-order valence-corrected chi connectivity index (χ4v) is 2.85. The van der Waals surface area contributed by atoms with Gasteiger partial charge in [0.25, 0.3) is 0 Å². The lowest BCUT2D eigenvalue weighted by Gasteiger charge is -2.33. The highest BCUT2D eigenvalue weighted by Gasteiger charge is 2.19. The number of piperidine rings is 1. The zero-order chi connectivity index (χ0) is 13.8. The number of aryl methyl sites for hydroxylation is 1. The maximum Gasteiger partial charge on any atom is 0.120 e. The molecule has 0 aromatic heterocycles. The molecule has 0 spiro atoms. The van der Waals surface area contributed by atoms with E-state index in [4.69, 9.17) is 0 Å². The van der Waals surface area contributed by atoms with Gasteiger partial charge in [0.1, 0.15) is 5.75 Å². The fourth-order valence-electron chi connectivity index (χ4n) is 2.85. The Bertz CT molecular complexity index is 419. The highest BCUT2D eigenvalue weighted by atomic mass is 16.3. The molecule has 0 saturated carbocycles. The molecule has 1 heterocycles. The van der Waals surface area contributed by atoms with E-state index in [-0.39, 0.29) is 6.04 Å². The molecule has 2 unspecified atom stereocenters. The number of nitrogens with zero attached hydrogens (tertiary/aromatic N) is 1. The van der Waals surface area contributed by atoms with Crippen molar-refractivity contribution in [2.24, 2.45) is 0 Å². The molecule has 2 N–H and O–H groups in total. The van der Waals surface area contributed by atoms with Crippen LogP contribution in [0, 0.1) is 6.92 Å². The molecule has 1 aliphatic heterocycles. The molecule has 0 aliphatic carbocycles. The summed E-state index contributed by atoms with van der Waals surface area (Å²) in [5.41, 5.74) is 2.19. The zero-order valence-electron chi connectivity index (χ0n) is 12.3. The van der Waals surface area contributed by atoms with Gasteiger partial charge in [-0.3, -0.25) is 0 Å². The van der Waals surface area contributed by atoms with Gasteiger partial charge < -0.3 is 15.3 Å². The molecule has 1 fully saturated rings. The maximum absolute atomic E-state index is 9.94. The van der Waals surface area contributed by atoms with Crippen LogP contribution in [-0.2, 0) is 0 Å². The number of phenols is 1. The Labute approximate surface area is 116 Å². The fraction of sp³-hybridized carbons (Fsp3) is 0.625. The monoisotopic (exact) mass is 262 g/mol. The average Bonchev–Trinajstić information content (AvgIpc) is 2.40. The molecule has 3 heteroatoms. The first-order valence-electron chi connectivity index (χ1n) is 7.31. The first-order valence-corrected chi connectivity index (χ1v) is 7.31. The van der Waals surface area contributed by atoms with Gasteiger partial charge in [-0.25, -0.2) is 0 Å². The second-order valence-corrected chi connectivity index (χ2v) is 5.82. The van der Waals surface area contributed by atoms with Crippen LogP contribution >= 0.6 is 0 Å². The lowest BCUT2D eigenvalue weighted by molar-refractivity contribution is 0.178. The molecule has 0 radical (unpaired) electrons. The number of phenolic OH excluding ortho intramolecular Hbond substituents is 1. The lowest BCUT2D eigenvalue weighted by atomic mass is 10.0. The molecule has 0 bridgehead atoms. The van der Waals surface area contributed by atoms with Gasteiger partial charge in [-0.15, -0.1) is 0 Å². The largest absolute Gasteiger partial charge is 0.508 e. The third kappa shape index (κ3) is 3.71. The van der Waals surface area contributed by atoms with Gasteiger partial charge in [0.2, 0.25) is 0 Å². The Morgan fingerprint density at radius 2 is 2.21 bits per heavy atom. The molecule has 0 amide bonds. The topological polar surface area (TPSA) is 35.5 Å². The van der Waals surface area contributed by atoms with Crippen molar-refractivity contribution < 1.29 is 5.11 Å². The number of aromatic hydroxyl groups is 1. The molecule has 19 heavy (non-hydrogen) atoms. The summed E-state index contributed by atoms with van der Waals surface area (Å²) in [5, 5.41) is 13.5. The van der Waals surface area contributed by atoms with Gasteiger partial charge in [-0.05, 0) is 46.3 Å². The van der Waals surface area contributed by atoms with E-state index in [1.54, 1.807) is 6.07 Å². The van der Waals surface area contributed by atoms with Gasteiger partial charge in [0.05, 0.1) is 0 Å². The molecule has 106 valence electrons. The van der Waals surface area contributed by atoms with Crippen molar-refractivity contribution in [3.05, 3.63) is 29.3 Å². The number of likely N-dealkylation sites (N-methyl/N-ethyl adjacent to an activating group) is 1. The maximum atomic E-state index is 9.94. The van der Waals surface area contributed by atoms with Gasteiger partial charge in [-0.2, -0.15) is 0 Å². The SMILES string of the molecule is Cc1ccc(O)c(C(C)NCC2CCCCN2C)c1. The number of likely N-dealkylation sites (tertiary alicyclic amines) is 1. The first kappa shape index (κ1) is 14.4. The van der Waals surface area contributed by atoms with Crippen LogP contribution in [0.2, 0.25) is 0 Å². The van der Waals surface area contributed by atoms with Crippen LogP contribution in [0.4, 0.5) is 0 Å². The van der Waals surface area contributed by atoms with E-state index in [0.717, 1.165) is 12.1 Å². The van der Waals surface area contributed by atoms with Crippen molar-refractivity contribution in [1.29, 1.82) is 0 Å². The smallest absolute Gasteiger partial charge is 0.120 e. The van der Waals surface area contributed by atoms with Crippen LogP contribution < -0.4 is 5.32 Å². The molecule has 1 aliphatic rings. The van der Waals surface area contributed by atoms with Gasteiger partial charge in [0, 0.05) is 24.2 Å². The summed E-state index contributed by atoms with van der Waals surface area (Å²) in [6, 6.07) is 6.62. The van der Waals surface area contributed by atoms with Crippen LogP contribution in [0.5, 0.6) is 5.75 Å². The number of nitrogens with one attached hydrogen (secondary N) is 1. The van der Waals surface area contributed by atoms with E-state index in [1.165, 1.54) is 31.4 Å². The summed E-state index contributed by atoms with van der Waals surface area (Å²) in [5.74, 6) is 0.391. The van der Waals surface area contributed by atoms with Crippen molar-refractivity contribution in [2.75, 3.05) is 20.1 Å². The van der Waals surface area contributed by atoms with E-state index in [1.807, 2.05) is 6.07 Å². The van der Waals surface area contributed by atoms with Crippen LogP contribution in [0.15, 0.2) is 18.2 Å². The van der Waals surface area contributed by atoms with E-state index in [9.17, 15) is 5.11 Å². The molecule has 1 aromatic rings. The third-order valence-corrected chi connectivity index (χ3v) is 4.23. The van der Waals surface area contributed by atoms with Crippen molar-refractivity contribution in [1.82, 2.24) is 10.2 Å². The Morgan fingerprint density at radius 1 is 1.42 bits per heavy atom. The molecule has 1 aromatic carbocycles. The van der Waals surface area contributed by atoms with E-state index < -0.39 is 0 Å². The number of hydrogen-bond donors (Lipinski definition) is 2. The predicted octanol–water partition coefficient (Wildman–Crippen LogP) is 2.84. The molecule has 3 nitrogen and oxygen atoms in total. The van der Waals surface area contributed by atoms with Gasteiger partial charge in [0.15, 0.2) is 0 Å². The Hall–Kier alpha value is -1.06. The van der Waals surface area contributed by atoms with Crippen molar-refractivity contribution in [3.8, 4) is 5.75 Å². The predicted molar refractivity (Wildman–Crippen MR) is 79.5 cm³/mol. The molecular formula is C16H26N2O. The van der Waals surface area contributed by atoms with Crippen LogP contribution in [0.1, 0.15) is 43.4 Å². The van der Waals surface area contributed by atoms with Crippen molar-refractivity contribution in [3.63, 3.8) is 0 Å². The van der Waals surface area contributed by atoms with Crippen LogP contribution in [-0.4, -0.2) is 36.2 Å². The van der Waals surface area contributed by atoms with E-state index in [0.29, 0.717) is 11.8 Å². The minimum absolute atomic E-state index is 0.190. The minimum atomic E-state index is 0.190. The van der Waals surface area contributed by atoms with Crippen LogP contribution in [0.3, 0.4) is 0 Å². The number of rotatable bonds is 4. The quantitative estimate of drug-likeness (QED) is 0.876. The second-order valence-electron chi connectivity index (χ2n) is 5.82. The first-order chi connectivity index (χ1) is 9.08. The molecular weight excluding hydrogens is 236 g/mol. The standard InChI is InChI=1S/C16H26N2O/c1-12-7-8-16(19)15(10-12)13(2)17-11-14-6-4-5-9-18(14)3/h7-8,10,13-14,17,19H,4-6,9,11H2,1-3H3. The minimum Gasteiger partial charge on any atom is -0.508 e.